The second kappa shape index (κ2) is 2.93. The number of hydrogen-bond donors (Lipinski definition) is 1. The summed E-state index contributed by atoms with van der Waals surface area (Å²) in [6.45, 7) is 0. The molecule has 0 spiro atoms. The van der Waals surface area contributed by atoms with Crippen LogP contribution in [0.4, 0.5) is 5.69 Å². The summed E-state index contributed by atoms with van der Waals surface area (Å²) in [6, 6.07) is 5.16. The molecular formula is C8H7GaN2O2. The summed E-state index contributed by atoms with van der Waals surface area (Å²) >= 11 is 0.542. The van der Waals surface area contributed by atoms with E-state index in [0.717, 1.165) is 5.39 Å². The van der Waals surface area contributed by atoms with Crippen molar-refractivity contribution >= 4 is 39.3 Å². The number of benzene rings is 1. The van der Waals surface area contributed by atoms with Crippen molar-refractivity contribution in [3.8, 4) is 0 Å². The average molecular weight is 233 g/mol. The van der Waals surface area contributed by atoms with E-state index in [-0.39, 0.29) is 10.6 Å². The maximum atomic E-state index is 10.6. The number of aromatic amines is 1. The van der Waals surface area contributed by atoms with Crippen molar-refractivity contribution in [2.45, 2.75) is 0 Å². The van der Waals surface area contributed by atoms with Crippen LogP contribution in [0.2, 0.25) is 0 Å². The summed E-state index contributed by atoms with van der Waals surface area (Å²) in [5.74, 6) is 0. The number of non-ortho nitro benzene ring substituents is 1. The molecule has 0 unspecified atom stereocenters. The molecule has 0 radical (unpaired) electrons. The molecule has 1 aromatic carbocycles. The van der Waals surface area contributed by atoms with Crippen LogP contribution in [0.25, 0.3) is 10.9 Å². The van der Waals surface area contributed by atoms with E-state index in [2.05, 4.69) is 4.98 Å². The number of nitro benzene ring substituents is 1. The predicted octanol–water partition coefficient (Wildman–Crippen LogP) is 0.334. The van der Waals surface area contributed by atoms with Crippen molar-refractivity contribution in [1.82, 2.24) is 4.98 Å². The van der Waals surface area contributed by atoms with Crippen molar-refractivity contribution in [2.75, 3.05) is 0 Å². The zero-order valence-electron chi connectivity index (χ0n) is 7.07. The third-order valence-electron chi connectivity index (χ3n) is 2.10. The van der Waals surface area contributed by atoms with E-state index in [9.17, 15) is 10.1 Å². The number of H-pyrrole nitrogens is 1. The van der Waals surface area contributed by atoms with Crippen molar-refractivity contribution < 1.29 is 4.92 Å². The van der Waals surface area contributed by atoms with E-state index in [0.29, 0.717) is 24.1 Å². The van der Waals surface area contributed by atoms with Crippen LogP contribution < -0.4 is 4.12 Å². The number of fused-ring (bicyclic) bond motifs is 1. The standard InChI is InChI=1S/C8H5N2O2.Ga.2H/c11-10(12)7-3-1-2-6-4-5-9-8(6)7;;;/h1-3,5,9H;;;. The first-order valence-corrected chi connectivity index (χ1v) is 6.01. The number of hydrogen-bond acceptors (Lipinski definition) is 2. The Morgan fingerprint density at radius 1 is 1.46 bits per heavy atom. The summed E-state index contributed by atoms with van der Waals surface area (Å²) < 4.78 is 1.21. The SMILES string of the molecule is O=[N+]([O-])c1cccc2[c]([GaH2])c[nH]c12. The molecule has 1 aromatic heterocycles. The monoisotopic (exact) mass is 232 g/mol. The number of nitrogens with zero attached hydrogens (tertiary/aromatic N) is 1. The molecule has 4 nitrogen and oxygen atoms in total. The molecule has 13 heavy (non-hydrogen) atoms. The molecule has 1 N–H and O–H groups in total. The van der Waals surface area contributed by atoms with Gasteiger partial charge in [-0.05, 0) is 0 Å². The molecule has 0 saturated carbocycles. The summed E-state index contributed by atoms with van der Waals surface area (Å²) in [5, 5.41) is 11.6. The van der Waals surface area contributed by atoms with E-state index < -0.39 is 0 Å². The molecule has 0 aliphatic carbocycles. The molecular weight excluding hydrogens is 226 g/mol. The van der Waals surface area contributed by atoms with Gasteiger partial charge in [0.05, 0.1) is 0 Å². The van der Waals surface area contributed by atoms with E-state index in [4.69, 9.17) is 0 Å². The zero-order chi connectivity index (χ0) is 9.42. The zero-order valence-corrected chi connectivity index (χ0v) is 11.3. The second-order valence-electron chi connectivity index (χ2n) is 2.93. The Balaban J connectivity index is 2.84. The Bertz CT molecular complexity index is 478. The van der Waals surface area contributed by atoms with Crippen LogP contribution in [0.3, 0.4) is 0 Å². The average Bonchev–Trinajstić information content (AvgIpc) is 2.48. The minimum atomic E-state index is -0.356. The second-order valence-corrected chi connectivity index (χ2v) is 5.19. The molecule has 0 saturated heterocycles. The van der Waals surface area contributed by atoms with Crippen molar-refractivity contribution in [2.24, 2.45) is 0 Å². The Hall–Kier alpha value is -1.20. The van der Waals surface area contributed by atoms with Gasteiger partial charge in [0.2, 0.25) is 0 Å². The molecule has 5 heteroatoms. The van der Waals surface area contributed by atoms with Crippen LogP contribution in [0.5, 0.6) is 0 Å². The summed E-state index contributed by atoms with van der Waals surface area (Å²) in [5.41, 5.74) is 0.809. The first-order valence-electron chi connectivity index (χ1n) is 3.91. The molecule has 0 aliphatic rings. The van der Waals surface area contributed by atoms with Crippen LogP contribution in [-0.2, 0) is 0 Å². The fraction of sp³-hybridized carbons (Fsp3) is 0. The molecule has 0 fully saturated rings. The summed E-state index contributed by atoms with van der Waals surface area (Å²) in [6.07, 6.45) is 1.86. The van der Waals surface area contributed by atoms with Gasteiger partial charge in [-0.15, -0.1) is 0 Å². The molecule has 64 valence electrons. The van der Waals surface area contributed by atoms with Gasteiger partial charge >= 0.3 is 83.7 Å². The third-order valence-corrected chi connectivity index (χ3v) is 3.83. The minimum absolute atomic E-state index is 0.160. The van der Waals surface area contributed by atoms with E-state index in [1.807, 2.05) is 12.3 Å². The van der Waals surface area contributed by atoms with Crippen LogP contribution in [0, 0.1) is 10.1 Å². The first kappa shape index (κ1) is 8.40. The van der Waals surface area contributed by atoms with E-state index in [1.165, 1.54) is 10.2 Å². The molecule has 2 aromatic rings. The van der Waals surface area contributed by atoms with Crippen LogP contribution in [-0.4, -0.2) is 28.5 Å². The Kier molecular flexibility index (Phi) is 1.89. The van der Waals surface area contributed by atoms with Crippen molar-refractivity contribution in [1.29, 1.82) is 0 Å². The normalized spacial score (nSPS) is 10.5. The van der Waals surface area contributed by atoms with Gasteiger partial charge in [-0.25, -0.2) is 0 Å². The van der Waals surface area contributed by atoms with Crippen molar-refractivity contribution in [3.63, 3.8) is 0 Å². The van der Waals surface area contributed by atoms with Gasteiger partial charge in [0.25, 0.3) is 0 Å². The fourth-order valence-corrected chi connectivity index (χ4v) is 2.61. The molecule has 0 aliphatic heterocycles. The van der Waals surface area contributed by atoms with Gasteiger partial charge in [-0.3, -0.25) is 0 Å². The van der Waals surface area contributed by atoms with E-state index >= 15 is 0 Å². The van der Waals surface area contributed by atoms with E-state index in [1.54, 1.807) is 6.07 Å². The maximum absolute atomic E-state index is 10.6. The number of para-hydroxylation sites is 1. The van der Waals surface area contributed by atoms with Crippen LogP contribution in [0.15, 0.2) is 24.4 Å². The summed E-state index contributed by atoms with van der Waals surface area (Å²) in [4.78, 5) is 13.2. The van der Waals surface area contributed by atoms with Gasteiger partial charge in [0.15, 0.2) is 0 Å². The van der Waals surface area contributed by atoms with Gasteiger partial charge in [-0.2, -0.15) is 0 Å². The van der Waals surface area contributed by atoms with Gasteiger partial charge in [0.1, 0.15) is 0 Å². The Morgan fingerprint density at radius 2 is 2.23 bits per heavy atom. The molecule has 2 rings (SSSR count). The third kappa shape index (κ3) is 1.26. The summed E-state index contributed by atoms with van der Waals surface area (Å²) in [7, 11) is 0. The number of nitro groups is 1. The Morgan fingerprint density at radius 3 is 2.92 bits per heavy atom. The van der Waals surface area contributed by atoms with Crippen LogP contribution in [0.1, 0.15) is 0 Å². The number of rotatable bonds is 1. The number of nitrogens with one attached hydrogen (secondary N) is 1. The van der Waals surface area contributed by atoms with Gasteiger partial charge in [-0.1, -0.05) is 0 Å². The fourth-order valence-electron chi connectivity index (χ4n) is 1.43. The van der Waals surface area contributed by atoms with Gasteiger partial charge in [0, 0.05) is 0 Å². The molecule has 0 amide bonds. The number of aromatic nitrogens is 1. The molecule has 0 bridgehead atoms. The predicted molar refractivity (Wildman–Crippen MR) is 53.1 cm³/mol. The van der Waals surface area contributed by atoms with Crippen LogP contribution >= 0.6 is 0 Å². The van der Waals surface area contributed by atoms with Crippen molar-refractivity contribution in [3.05, 3.63) is 34.5 Å². The topological polar surface area (TPSA) is 58.9 Å². The molecule has 0 atom stereocenters. The first-order chi connectivity index (χ1) is 6.20. The molecule has 1 heterocycles. The quantitative estimate of drug-likeness (QED) is 0.438. The van der Waals surface area contributed by atoms with Gasteiger partial charge < -0.3 is 0 Å². The Labute approximate surface area is 84.0 Å².